The summed E-state index contributed by atoms with van der Waals surface area (Å²) in [6.45, 7) is 3.87. The Morgan fingerprint density at radius 1 is 1.33 bits per heavy atom. The van der Waals surface area contributed by atoms with E-state index in [9.17, 15) is 13.2 Å². The Balaban J connectivity index is 2.45. The van der Waals surface area contributed by atoms with Gasteiger partial charge in [-0.05, 0) is 23.6 Å². The number of hydrogen-bond donors (Lipinski definition) is 1. The van der Waals surface area contributed by atoms with Gasteiger partial charge in [-0.1, -0.05) is 31.5 Å². The Labute approximate surface area is 129 Å². The molecule has 0 spiro atoms. The van der Waals surface area contributed by atoms with Crippen LogP contribution in [0.1, 0.15) is 41.5 Å². The summed E-state index contributed by atoms with van der Waals surface area (Å²) in [5.41, 5.74) is 5.90. The van der Waals surface area contributed by atoms with Crippen LogP contribution >= 0.6 is 22.9 Å². The summed E-state index contributed by atoms with van der Waals surface area (Å²) in [7, 11) is 0. The van der Waals surface area contributed by atoms with E-state index >= 15 is 0 Å². The smallest absolute Gasteiger partial charge is 0.375 e. The third-order valence-corrected chi connectivity index (χ3v) is 4.15. The summed E-state index contributed by atoms with van der Waals surface area (Å²) < 4.78 is 39.3. The van der Waals surface area contributed by atoms with Gasteiger partial charge in [-0.15, -0.1) is 11.3 Å². The molecular formula is C14H14ClF3N2S. The van der Waals surface area contributed by atoms with Gasteiger partial charge in [0.2, 0.25) is 0 Å². The molecule has 0 fully saturated rings. The number of hydrogen-bond acceptors (Lipinski definition) is 3. The summed E-state index contributed by atoms with van der Waals surface area (Å²) in [6, 6.07) is 3.83. The first-order valence-electron chi connectivity index (χ1n) is 6.29. The number of aromatic nitrogens is 1. The number of nitrogens with zero attached hydrogens (tertiary/aromatic N) is 1. The van der Waals surface area contributed by atoms with Crippen LogP contribution in [0.25, 0.3) is 0 Å². The van der Waals surface area contributed by atoms with E-state index in [4.69, 9.17) is 17.3 Å². The monoisotopic (exact) mass is 334 g/mol. The number of halogens is 4. The van der Waals surface area contributed by atoms with Crippen molar-refractivity contribution in [2.45, 2.75) is 32.4 Å². The topological polar surface area (TPSA) is 38.9 Å². The van der Waals surface area contributed by atoms with Crippen molar-refractivity contribution in [1.29, 1.82) is 0 Å². The van der Waals surface area contributed by atoms with Crippen molar-refractivity contribution in [2.75, 3.05) is 5.73 Å². The number of nitrogen functional groups attached to an aromatic ring is 1. The van der Waals surface area contributed by atoms with Crippen LogP contribution in [0.4, 0.5) is 18.3 Å². The second-order valence-electron chi connectivity index (χ2n) is 4.99. The molecule has 0 saturated heterocycles. The van der Waals surface area contributed by atoms with E-state index < -0.39 is 11.7 Å². The van der Waals surface area contributed by atoms with Gasteiger partial charge in [0.25, 0.3) is 0 Å². The van der Waals surface area contributed by atoms with Gasteiger partial charge < -0.3 is 5.73 Å². The highest BCUT2D eigenvalue weighted by atomic mass is 35.5. The Morgan fingerprint density at radius 3 is 2.57 bits per heavy atom. The molecule has 2 aromatic rings. The van der Waals surface area contributed by atoms with E-state index in [1.54, 1.807) is 0 Å². The lowest BCUT2D eigenvalue weighted by Crippen LogP contribution is -2.09. The highest BCUT2D eigenvalue weighted by Crippen LogP contribution is 2.36. The third-order valence-electron chi connectivity index (χ3n) is 3.02. The molecule has 1 aromatic heterocycles. The molecule has 0 radical (unpaired) electrons. The van der Waals surface area contributed by atoms with E-state index in [1.165, 1.54) is 23.5 Å². The fraction of sp³-hybridized carbons (Fsp3) is 0.357. The first-order valence-corrected chi connectivity index (χ1v) is 7.48. The van der Waals surface area contributed by atoms with E-state index in [1.807, 2.05) is 13.8 Å². The van der Waals surface area contributed by atoms with Gasteiger partial charge in [-0.3, -0.25) is 0 Å². The number of nitrogens with two attached hydrogens (primary N) is 1. The molecule has 0 aliphatic heterocycles. The second kappa shape index (κ2) is 5.85. The largest absolute Gasteiger partial charge is 0.416 e. The van der Waals surface area contributed by atoms with Crippen LogP contribution in [0.15, 0.2) is 18.2 Å². The maximum absolute atomic E-state index is 13.1. The van der Waals surface area contributed by atoms with Crippen LogP contribution in [-0.4, -0.2) is 4.98 Å². The number of anilines is 1. The lowest BCUT2D eigenvalue weighted by atomic mass is 10.0. The molecule has 2 N–H and O–H groups in total. The van der Waals surface area contributed by atoms with E-state index in [0.29, 0.717) is 5.13 Å². The zero-order valence-corrected chi connectivity index (χ0v) is 13.0. The number of benzene rings is 1. The van der Waals surface area contributed by atoms with E-state index in [0.717, 1.165) is 16.6 Å². The van der Waals surface area contributed by atoms with Gasteiger partial charge in [0.05, 0.1) is 11.3 Å². The molecule has 0 amide bonds. The van der Waals surface area contributed by atoms with Crippen molar-refractivity contribution in [2.24, 2.45) is 0 Å². The zero-order valence-electron chi connectivity index (χ0n) is 11.5. The summed E-state index contributed by atoms with van der Waals surface area (Å²) in [4.78, 5) is 4.96. The first kappa shape index (κ1) is 16.1. The lowest BCUT2D eigenvalue weighted by molar-refractivity contribution is -0.138. The number of rotatable bonds is 3. The van der Waals surface area contributed by atoms with Gasteiger partial charge >= 0.3 is 6.18 Å². The molecule has 7 heteroatoms. The normalized spacial score (nSPS) is 12.1. The number of alkyl halides is 3. The third kappa shape index (κ3) is 3.68. The van der Waals surface area contributed by atoms with Crippen molar-refractivity contribution in [3.05, 3.63) is 44.9 Å². The molecular weight excluding hydrogens is 321 g/mol. The molecule has 2 nitrogen and oxygen atoms in total. The summed E-state index contributed by atoms with van der Waals surface area (Å²) >= 11 is 6.91. The van der Waals surface area contributed by atoms with Crippen LogP contribution in [0, 0.1) is 0 Å². The lowest BCUT2D eigenvalue weighted by Gasteiger charge is -2.13. The zero-order chi connectivity index (χ0) is 15.8. The maximum Gasteiger partial charge on any atom is 0.416 e. The first-order chi connectivity index (χ1) is 9.68. The minimum atomic E-state index is -4.44. The quantitative estimate of drug-likeness (QED) is 0.847. The van der Waals surface area contributed by atoms with Crippen LogP contribution in [0.5, 0.6) is 0 Å². The predicted octanol–water partition coefficient (Wildman–Crippen LogP) is 5.11. The van der Waals surface area contributed by atoms with Gasteiger partial charge in [-0.25, -0.2) is 4.98 Å². The van der Waals surface area contributed by atoms with Crippen LogP contribution in [-0.2, 0) is 12.6 Å². The van der Waals surface area contributed by atoms with Crippen LogP contribution in [0.2, 0.25) is 5.02 Å². The van der Waals surface area contributed by atoms with Gasteiger partial charge in [0.1, 0.15) is 0 Å². The van der Waals surface area contributed by atoms with Crippen LogP contribution < -0.4 is 5.73 Å². The molecule has 0 unspecified atom stereocenters. The van der Waals surface area contributed by atoms with Crippen molar-refractivity contribution >= 4 is 28.1 Å². The minimum Gasteiger partial charge on any atom is -0.375 e. The standard InChI is InChI=1S/C14H14ClF3N2S/c1-7(2)12-11(21-13(19)20-12)5-8-3-4-9(15)6-10(8)14(16,17)18/h3-4,6-7H,5H2,1-2H3,(H2,19,20). The highest BCUT2D eigenvalue weighted by Gasteiger charge is 2.33. The molecule has 0 bridgehead atoms. The van der Waals surface area contributed by atoms with Crippen molar-refractivity contribution in [3.8, 4) is 0 Å². The molecule has 1 heterocycles. The van der Waals surface area contributed by atoms with Gasteiger partial charge in [-0.2, -0.15) is 13.2 Å². The second-order valence-corrected chi connectivity index (χ2v) is 6.54. The Kier molecular flexibility index (Phi) is 4.49. The Bertz CT molecular complexity index is 650. The van der Waals surface area contributed by atoms with Crippen molar-refractivity contribution < 1.29 is 13.2 Å². The molecule has 0 aliphatic carbocycles. The summed E-state index contributed by atoms with van der Waals surface area (Å²) in [5.74, 6) is 0.107. The highest BCUT2D eigenvalue weighted by molar-refractivity contribution is 7.15. The van der Waals surface area contributed by atoms with Crippen molar-refractivity contribution in [3.63, 3.8) is 0 Å². The Morgan fingerprint density at radius 2 is 2.00 bits per heavy atom. The predicted molar refractivity (Wildman–Crippen MR) is 79.9 cm³/mol. The minimum absolute atomic E-state index is 0.0685. The van der Waals surface area contributed by atoms with Crippen molar-refractivity contribution in [1.82, 2.24) is 4.98 Å². The molecule has 21 heavy (non-hydrogen) atoms. The number of thiazole rings is 1. The fourth-order valence-corrected chi connectivity index (χ4v) is 3.28. The average molecular weight is 335 g/mol. The molecule has 0 atom stereocenters. The van der Waals surface area contributed by atoms with Gasteiger partial charge in [0.15, 0.2) is 5.13 Å². The molecule has 2 rings (SSSR count). The molecule has 1 aromatic carbocycles. The fourth-order valence-electron chi connectivity index (χ4n) is 2.10. The Hall–Kier alpha value is -1.27. The SMILES string of the molecule is CC(C)c1nc(N)sc1Cc1ccc(Cl)cc1C(F)(F)F. The summed E-state index contributed by atoms with van der Waals surface area (Å²) in [5, 5.41) is 0.440. The molecule has 0 saturated carbocycles. The summed E-state index contributed by atoms with van der Waals surface area (Å²) in [6.07, 6.45) is -4.29. The van der Waals surface area contributed by atoms with Gasteiger partial charge in [0, 0.05) is 16.3 Å². The van der Waals surface area contributed by atoms with E-state index in [2.05, 4.69) is 4.98 Å². The average Bonchev–Trinajstić information content (AvgIpc) is 2.71. The van der Waals surface area contributed by atoms with Crippen LogP contribution in [0.3, 0.4) is 0 Å². The molecule has 0 aliphatic rings. The molecule has 114 valence electrons. The maximum atomic E-state index is 13.1. The van der Waals surface area contributed by atoms with E-state index in [-0.39, 0.29) is 22.9 Å².